The van der Waals surface area contributed by atoms with Crippen LogP contribution in [0.4, 0.5) is 4.39 Å². The van der Waals surface area contributed by atoms with Gasteiger partial charge in [-0.3, -0.25) is 0 Å². The summed E-state index contributed by atoms with van der Waals surface area (Å²) in [5.41, 5.74) is 0.844. The Morgan fingerprint density at radius 2 is 2.11 bits per heavy atom. The summed E-state index contributed by atoms with van der Waals surface area (Å²) >= 11 is 0. The maximum atomic E-state index is 12.9. The average molecular weight is 267 g/mol. The van der Waals surface area contributed by atoms with Gasteiger partial charge in [0.2, 0.25) is 0 Å². The zero-order valence-corrected chi connectivity index (χ0v) is 12.3. The minimum atomic E-state index is -0.215. The van der Waals surface area contributed by atoms with E-state index < -0.39 is 0 Å². The molecule has 0 amide bonds. The molecule has 1 aromatic rings. The van der Waals surface area contributed by atoms with Crippen LogP contribution in [0.25, 0.3) is 0 Å². The number of hydrogen-bond acceptors (Lipinski definition) is 2. The predicted octanol–water partition coefficient (Wildman–Crippen LogP) is 4.07. The van der Waals surface area contributed by atoms with E-state index in [4.69, 9.17) is 4.74 Å². The fourth-order valence-corrected chi connectivity index (χ4v) is 2.04. The summed E-state index contributed by atoms with van der Waals surface area (Å²) in [4.78, 5) is 0. The highest BCUT2D eigenvalue weighted by Crippen LogP contribution is 2.17. The summed E-state index contributed by atoms with van der Waals surface area (Å²) in [5.74, 6) is 0.550. The molecule has 0 aliphatic rings. The Bertz CT molecular complexity index is 368. The highest BCUT2D eigenvalue weighted by molar-refractivity contribution is 5.32. The predicted molar refractivity (Wildman–Crippen MR) is 78.2 cm³/mol. The van der Waals surface area contributed by atoms with Gasteiger partial charge in [-0.05, 0) is 44.0 Å². The lowest BCUT2D eigenvalue weighted by Crippen LogP contribution is -2.30. The standard InChI is InChI=1S/C16H26FNO/c1-4-5-6-7-14(3)18-10-11-19-16-9-8-15(17)12-13(16)2/h8-9,12,14,18H,4-7,10-11H2,1-3H3. The molecule has 108 valence electrons. The lowest BCUT2D eigenvalue weighted by atomic mass is 10.1. The molecule has 3 heteroatoms. The van der Waals surface area contributed by atoms with Crippen LogP contribution in [0.1, 0.15) is 45.1 Å². The summed E-state index contributed by atoms with van der Waals surface area (Å²) in [6.45, 7) is 7.73. The Kier molecular flexibility index (Phi) is 7.49. The molecule has 0 bridgehead atoms. The third-order valence-electron chi connectivity index (χ3n) is 3.23. The van der Waals surface area contributed by atoms with Crippen molar-refractivity contribution in [1.29, 1.82) is 0 Å². The molecule has 0 fully saturated rings. The van der Waals surface area contributed by atoms with Gasteiger partial charge < -0.3 is 10.1 Å². The molecule has 0 saturated carbocycles. The molecule has 1 N–H and O–H groups in total. The number of unbranched alkanes of at least 4 members (excludes halogenated alkanes) is 2. The van der Waals surface area contributed by atoms with Crippen molar-refractivity contribution in [1.82, 2.24) is 5.32 Å². The van der Waals surface area contributed by atoms with Crippen LogP contribution in [0, 0.1) is 12.7 Å². The van der Waals surface area contributed by atoms with E-state index in [1.54, 1.807) is 6.07 Å². The van der Waals surface area contributed by atoms with Crippen LogP contribution in [0.3, 0.4) is 0 Å². The SMILES string of the molecule is CCCCCC(C)NCCOc1ccc(F)cc1C. The van der Waals surface area contributed by atoms with Gasteiger partial charge in [-0.1, -0.05) is 26.2 Å². The van der Waals surface area contributed by atoms with Gasteiger partial charge in [0, 0.05) is 12.6 Å². The number of halogens is 1. The van der Waals surface area contributed by atoms with Crippen LogP contribution in [-0.2, 0) is 0 Å². The quantitative estimate of drug-likeness (QED) is 0.681. The first kappa shape index (κ1) is 16.0. The van der Waals surface area contributed by atoms with Crippen molar-refractivity contribution in [3.8, 4) is 5.75 Å². The van der Waals surface area contributed by atoms with E-state index in [-0.39, 0.29) is 5.82 Å². The fourth-order valence-electron chi connectivity index (χ4n) is 2.04. The number of benzene rings is 1. The maximum Gasteiger partial charge on any atom is 0.123 e. The second kappa shape index (κ2) is 8.92. The van der Waals surface area contributed by atoms with Crippen molar-refractivity contribution in [2.45, 2.75) is 52.5 Å². The Morgan fingerprint density at radius 3 is 2.79 bits per heavy atom. The van der Waals surface area contributed by atoms with Crippen molar-refractivity contribution in [3.63, 3.8) is 0 Å². The van der Waals surface area contributed by atoms with Gasteiger partial charge >= 0.3 is 0 Å². The van der Waals surface area contributed by atoms with E-state index in [2.05, 4.69) is 19.2 Å². The maximum absolute atomic E-state index is 12.9. The summed E-state index contributed by atoms with van der Waals surface area (Å²) in [6, 6.07) is 5.15. The Hall–Kier alpha value is -1.09. The summed E-state index contributed by atoms with van der Waals surface area (Å²) in [6.07, 6.45) is 5.06. The van der Waals surface area contributed by atoms with Gasteiger partial charge in [-0.15, -0.1) is 0 Å². The van der Waals surface area contributed by atoms with Gasteiger partial charge in [0.05, 0.1) is 0 Å². The number of ether oxygens (including phenoxy) is 1. The Labute approximate surface area is 116 Å². The molecule has 1 rings (SSSR count). The lowest BCUT2D eigenvalue weighted by Gasteiger charge is -2.14. The molecule has 0 radical (unpaired) electrons. The molecule has 0 heterocycles. The fraction of sp³-hybridized carbons (Fsp3) is 0.625. The topological polar surface area (TPSA) is 21.3 Å². The molecule has 0 saturated heterocycles. The molecule has 1 unspecified atom stereocenters. The number of aryl methyl sites for hydroxylation is 1. The zero-order valence-electron chi connectivity index (χ0n) is 12.3. The van der Waals surface area contributed by atoms with E-state index in [9.17, 15) is 4.39 Å². The van der Waals surface area contributed by atoms with Crippen molar-refractivity contribution in [2.24, 2.45) is 0 Å². The van der Waals surface area contributed by atoms with Crippen molar-refractivity contribution in [2.75, 3.05) is 13.2 Å². The highest BCUT2D eigenvalue weighted by atomic mass is 19.1. The van der Waals surface area contributed by atoms with Gasteiger partial charge in [0.25, 0.3) is 0 Å². The zero-order chi connectivity index (χ0) is 14.1. The first-order valence-corrected chi connectivity index (χ1v) is 7.25. The smallest absolute Gasteiger partial charge is 0.123 e. The van der Waals surface area contributed by atoms with Crippen molar-refractivity contribution in [3.05, 3.63) is 29.6 Å². The Balaban J connectivity index is 2.16. The second-order valence-electron chi connectivity index (χ2n) is 5.11. The van der Waals surface area contributed by atoms with Crippen LogP contribution >= 0.6 is 0 Å². The largest absolute Gasteiger partial charge is 0.492 e. The molecule has 0 aliphatic heterocycles. The summed E-state index contributed by atoms with van der Waals surface area (Å²) in [7, 11) is 0. The van der Waals surface area contributed by atoms with Crippen LogP contribution in [0.2, 0.25) is 0 Å². The van der Waals surface area contributed by atoms with E-state index in [1.807, 2.05) is 6.92 Å². The van der Waals surface area contributed by atoms with Crippen LogP contribution in [0.15, 0.2) is 18.2 Å². The van der Waals surface area contributed by atoms with Crippen molar-refractivity contribution < 1.29 is 9.13 Å². The minimum Gasteiger partial charge on any atom is -0.492 e. The van der Waals surface area contributed by atoms with Gasteiger partial charge in [0.1, 0.15) is 18.2 Å². The Morgan fingerprint density at radius 1 is 1.32 bits per heavy atom. The molecule has 0 spiro atoms. The normalized spacial score (nSPS) is 12.4. The minimum absolute atomic E-state index is 0.215. The molecule has 0 aromatic heterocycles. The summed E-state index contributed by atoms with van der Waals surface area (Å²) < 4.78 is 18.6. The van der Waals surface area contributed by atoms with E-state index >= 15 is 0 Å². The second-order valence-corrected chi connectivity index (χ2v) is 5.11. The monoisotopic (exact) mass is 267 g/mol. The number of hydrogen-bond donors (Lipinski definition) is 1. The molecule has 0 aliphatic carbocycles. The van der Waals surface area contributed by atoms with Gasteiger partial charge in [-0.2, -0.15) is 0 Å². The van der Waals surface area contributed by atoms with Gasteiger partial charge in [0.15, 0.2) is 0 Å². The van der Waals surface area contributed by atoms with Crippen molar-refractivity contribution >= 4 is 0 Å². The third-order valence-corrected chi connectivity index (χ3v) is 3.23. The van der Waals surface area contributed by atoms with Gasteiger partial charge in [-0.25, -0.2) is 4.39 Å². The summed E-state index contributed by atoms with van der Waals surface area (Å²) in [5, 5.41) is 3.44. The highest BCUT2D eigenvalue weighted by Gasteiger charge is 2.03. The van der Waals surface area contributed by atoms with Crippen LogP contribution in [0.5, 0.6) is 5.75 Å². The van der Waals surface area contributed by atoms with E-state index in [1.165, 1.54) is 37.8 Å². The molecular formula is C16H26FNO. The number of nitrogens with one attached hydrogen (secondary N) is 1. The van der Waals surface area contributed by atoms with Crippen LogP contribution in [-0.4, -0.2) is 19.2 Å². The molecule has 1 atom stereocenters. The molecule has 19 heavy (non-hydrogen) atoms. The van der Waals surface area contributed by atoms with E-state index in [0.717, 1.165) is 17.9 Å². The molecular weight excluding hydrogens is 241 g/mol. The third kappa shape index (κ3) is 6.58. The average Bonchev–Trinajstić information content (AvgIpc) is 2.37. The molecule has 2 nitrogen and oxygen atoms in total. The van der Waals surface area contributed by atoms with Crippen LogP contribution < -0.4 is 10.1 Å². The lowest BCUT2D eigenvalue weighted by molar-refractivity contribution is 0.302. The number of rotatable bonds is 9. The van der Waals surface area contributed by atoms with E-state index in [0.29, 0.717) is 12.6 Å². The first-order chi connectivity index (χ1) is 9.13. The first-order valence-electron chi connectivity index (χ1n) is 7.25. The molecule has 1 aromatic carbocycles.